The maximum atomic E-state index is 12.0. The molecule has 0 aliphatic carbocycles. The normalized spacial score (nSPS) is 13.6. The van der Waals surface area contributed by atoms with Crippen LogP contribution < -0.4 is 10.2 Å². The molecule has 1 aromatic heterocycles. The second-order valence-corrected chi connectivity index (χ2v) is 7.24. The van der Waals surface area contributed by atoms with Crippen LogP contribution in [0, 0.1) is 6.92 Å². The van der Waals surface area contributed by atoms with E-state index in [1.165, 1.54) is 11.2 Å². The molecule has 0 fully saturated rings. The zero-order chi connectivity index (χ0) is 18.8. The molecule has 1 aliphatic rings. The second kappa shape index (κ2) is 7.43. The van der Waals surface area contributed by atoms with Crippen LogP contribution in [0.3, 0.4) is 0 Å². The van der Waals surface area contributed by atoms with Crippen molar-refractivity contribution < 1.29 is 4.79 Å². The minimum Gasteiger partial charge on any atom is -0.362 e. The van der Waals surface area contributed by atoms with Crippen LogP contribution in [-0.4, -0.2) is 22.0 Å². The first kappa shape index (κ1) is 17.6. The molecule has 0 saturated carbocycles. The average molecular weight is 362 g/mol. The molecule has 2 aromatic carbocycles. The summed E-state index contributed by atoms with van der Waals surface area (Å²) in [4.78, 5) is 19.2. The van der Waals surface area contributed by atoms with Gasteiger partial charge >= 0.3 is 0 Å². The van der Waals surface area contributed by atoms with E-state index in [2.05, 4.69) is 59.0 Å². The minimum absolute atomic E-state index is 0.0967. The number of benzene rings is 2. The van der Waals surface area contributed by atoms with Gasteiger partial charge in [-0.25, -0.2) is 4.98 Å². The van der Waals surface area contributed by atoms with Crippen molar-refractivity contribution in [1.82, 2.24) is 9.55 Å². The molecule has 0 unspecified atom stereocenters. The fourth-order valence-corrected chi connectivity index (χ4v) is 3.72. The zero-order valence-electron chi connectivity index (χ0n) is 16.0. The summed E-state index contributed by atoms with van der Waals surface area (Å²) < 4.78 is 2.32. The molecular weight excluding hydrogens is 336 g/mol. The predicted molar refractivity (Wildman–Crippen MR) is 110 cm³/mol. The largest absolute Gasteiger partial charge is 0.362 e. The third kappa shape index (κ3) is 3.54. The second-order valence-electron chi connectivity index (χ2n) is 7.24. The lowest BCUT2D eigenvalue weighted by Crippen LogP contribution is -2.33. The summed E-state index contributed by atoms with van der Waals surface area (Å²) in [6.45, 7) is 6.84. The van der Waals surface area contributed by atoms with Crippen LogP contribution in [0.15, 0.2) is 42.5 Å². The number of amides is 1. The maximum Gasteiger partial charge on any atom is 0.224 e. The molecular formula is C22H26N4O. The number of carbonyl (C=O) groups is 1. The molecule has 0 bridgehead atoms. The van der Waals surface area contributed by atoms with Crippen LogP contribution in [0.5, 0.6) is 0 Å². The zero-order valence-corrected chi connectivity index (χ0v) is 16.0. The standard InChI is InChI=1S/C22H26N4O/c1-3-4-9-22(27)24-18-11-10-17(14-16(18)2)25-12-13-26-20-8-6-5-7-19(20)23-21(26)15-25/h5-8,10-11,14H,3-4,9,12-13,15H2,1-2H3,(H,24,27). The van der Waals surface area contributed by atoms with Crippen molar-refractivity contribution in [2.45, 2.75) is 46.2 Å². The van der Waals surface area contributed by atoms with Crippen LogP contribution in [0.25, 0.3) is 11.0 Å². The number of nitrogens with one attached hydrogen (secondary N) is 1. The molecule has 27 heavy (non-hydrogen) atoms. The summed E-state index contributed by atoms with van der Waals surface area (Å²) in [5, 5.41) is 3.03. The van der Waals surface area contributed by atoms with Gasteiger partial charge in [-0.1, -0.05) is 25.5 Å². The third-order valence-corrected chi connectivity index (χ3v) is 5.27. The Labute approximate surface area is 160 Å². The molecule has 0 saturated heterocycles. The molecule has 0 spiro atoms. The maximum absolute atomic E-state index is 12.0. The van der Waals surface area contributed by atoms with Gasteiger partial charge in [-0.2, -0.15) is 0 Å². The molecule has 3 aromatic rings. The highest BCUT2D eigenvalue weighted by molar-refractivity contribution is 5.91. The van der Waals surface area contributed by atoms with E-state index < -0.39 is 0 Å². The van der Waals surface area contributed by atoms with E-state index in [1.807, 2.05) is 12.1 Å². The Hall–Kier alpha value is -2.82. The molecule has 0 radical (unpaired) electrons. The van der Waals surface area contributed by atoms with Gasteiger partial charge in [-0.05, 0) is 49.2 Å². The van der Waals surface area contributed by atoms with E-state index in [-0.39, 0.29) is 5.91 Å². The van der Waals surface area contributed by atoms with Gasteiger partial charge in [0.2, 0.25) is 5.91 Å². The summed E-state index contributed by atoms with van der Waals surface area (Å²) in [7, 11) is 0. The molecule has 1 aliphatic heterocycles. The number of carbonyl (C=O) groups excluding carboxylic acids is 1. The highest BCUT2D eigenvalue weighted by Gasteiger charge is 2.20. The fourth-order valence-electron chi connectivity index (χ4n) is 3.72. The van der Waals surface area contributed by atoms with Gasteiger partial charge in [0.05, 0.1) is 17.6 Å². The molecule has 4 rings (SSSR count). The Balaban J connectivity index is 1.51. The Morgan fingerprint density at radius 3 is 2.85 bits per heavy atom. The van der Waals surface area contributed by atoms with Crippen molar-refractivity contribution in [3.63, 3.8) is 0 Å². The number of nitrogens with zero attached hydrogens (tertiary/aromatic N) is 3. The summed E-state index contributed by atoms with van der Waals surface area (Å²) >= 11 is 0. The molecule has 1 amide bonds. The number of unbranched alkanes of at least 4 members (excludes halogenated alkanes) is 1. The van der Waals surface area contributed by atoms with E-state index in [0.717, 1.165) is 55.1 Å². The van der Waals surface area contributed by atoms with Crippen molar-refractivity contribution in [3.05, 3.63) is 53.9 Å². The van der Waals surface area contributed by atoms with E-state index in [4.69, 9.17) is 4.98 Å². The molecule has 5 nitrogen and oxygen atoms in total. The van der Waals surface area contributed by atoms with Gasteiger partial charge in [-0.3, -0.25) is 4.79 Å². The Bertz CT molecular complexity index is 976. The smallest absolute Gasteiger partial charge is 0.224 e. The lowest BCUT2D eigenvalue weighted by Gasteiger charge is -2.30. The molecule has 140 valence electrons. The Kier molecular flexibility index (Phi) is 4.84. The highest BCUT2D eigenvalue weighted by atomic mass is 16.1. The molecule has 1 N–H and O–H groups in total. The first-order chi connectivity index (χ1) is 13.2. The number of para-hydroxylation sites is 2. The first-order valence-corrected chi connectivity index (χ1v) is 9.75. The minimum atomic E-state index is 0.0967. The number of imidazole rings is 1. The van der Waals surface area contributed by atoms with Crippen LogP contribution in [0.2, 0.25) is 0 Å². The summed E-state index contributed by atoms with van der Waals surface area (Å²) in [6, 6.07) is 14.6. The number of hydrogen-bond donors (Lipinski definition) is 1. The molecule has 2 heterocycles. The molecule has 5 heteroatoms. The number of hydrogen-bond acceptors (Lipinski definition) is 3. The number of aryl methyl sites for hydroxylation is 1. The Morgan fingerprint density at radius 1 is 1.19 bits per heavy atom. The number of anilines is 2. The quantitative estimate of drug-likeness (QED) is 0.727. The number of aromatic nitrogens is 2. The van der Waals surface area contributed by atoms with E-state index in [1.54, 1.807) is 0 Å². The van der Waals surface area contributed by atoms with E-state index in [9.17, 15) is 4.79 Å². The van der Waals surface area contributed by atoms with Crippen molar-refractivity contribution in [2.24, 2.45) is 0 Å². The fraction of sp³-hybridized carbons (Fsp3) is 0.364. The predicted octanol–water partition coefficient (Wildman–Crippen LogP) is 4.49. The number of rotatable bonds is 5. The van der Waals surface area contributed by atoms with E-state index in [0.29, 0.717) is 6.42 Å². The van der Waals surface area contributed by atoms with Gasteiger partial charge < -0.3 is 14.8 Å². The van der Waals surface area contributed by atoms with Gasteiger partial charge in [0.15, 0.2) is 0 Å². The van der Waals surface area contributed by atoms with Gasteiger partial charge in [0, 0.05) is 30.9 Å². The first-order valence-electron chi connectivity index (χ1n) is 9.75. The topological polar surface area (TPSA) is 50.2 Å². The van der Waals surface area contributed by atoms with Crippen LogP contribution in [0.4, 0.5) is 11.4 Å². The summed E-state index contributed by atoms with van der Waals surface area (Å²) in [5.74, 6) is 1.21. The van der Waals surface area contributed by atoms with Crippen LogP contribution >= 0.6 is 0 Å². The SMILES string of the molecule is CCCCC(=O)Nc1ccc(N2CCn3c(nc4ccccc43)C2)cc1C. The monoisotopic (exact) mass is 362 g/mol. The third-order valence-electron chi connectivity index (χ3n) is 5.27. The van der Waals surface area contributed by atoms with Gasteiger partial charge in [-0.15, -0.1) is 0 Å². The van der Waals surface area contributed by atoms with Gasteiger partial charge in [0.25, 0.3) is 0 Å². The highest BCUT2D eigenvalue weighted by Crippen LogP contribution is 2.27. The average Bonchev–Trinajstić information content (AvgIpc) is 3.05. The van der Waals surface area contributed by atoms with Crippen LogP contribution in [0.1, 0.15) is 37.6 Å². The molecule has 0 atom stereocenters. The summed E-state index contributed by atoms with van der Waals surface area (Å²) in [6.07, 6.45) is 2.54. The van der Waals surface area contributed by atoms with Crippen molar-refractivity contribution in [1.29, 1.82) is 0 Å². The lowest BCUT2D eigenvalue weighted by molar-refractivity contribution is -0.116. The lowest BCUT2D eigenvalue weighted by atomic mass is 10.1. The van der Waals surface area contributed by atoms with Crippen molar-refractivity contribution >= 4 is 28.3 Å². The van der Waals surface area contributed by atoms with Crippen molar-refractivity contribution in [3.8, 4) is 0 Å². The number of fused-ring (bicyclic) bond motifs is 3. The Morgan fingerprint density at radius 2 is 2.04 bits per heavy atom. The summed E-state index contributed by atoms with van der Waals surface area (Å²) in [5.41, 5.74) is 5.46. The van der Waals surface area contributed by atoms with Crippen LogP contribution in [-0.2, 0) is 17.9 Å². The van der Waals surface area contributed by atoms with Gasteiger partial charge in [0.1, 0.15) is 5.82 Å². The van der Waals surface area contributed by atoms with Crippen molar-refractivity contribution in [2.75, 3.05) is 16.8 Å². The van der Waals surface area contributed by atoms with E-state index >= 15 is 0 Å².